The van der Waals surface area contributed by atoms with Crippen molar-refractivity contribution in [3.05, 3.63) is 82.8 Å². The second kappa shape index (κ2) is 8.23. The van der Waals surface area contributed by atoms with Crippen molar-refractivity contribution in [1.29, 1.82) is 0 Å². The van der Waals surface area contributed by atoms with Gasteiger partial charge in [0, 0.05) is 17.8 Å². The maximum Gasteiger partial charge on any atom is 0.317 e. The van der Waals surface area contributed by atoms with Crippen LogP contribution in [-0.2, 0) is 10.0 Å². The highest BCUT2D eigenvalue weighted by Crippen LogP contribution is 2.29. The first kappa shape index (κ1) is 21.2. The lowest BCUT2D eigenvalue weighted by Crippen LogP contribution is -2.16. The lowest BCUT2D eigenvalue weighted by molar-refractivity contribution is -0.729. The highest BCUT2D eigenvalue weighted by atomic mass is 32.2. The second-order valence-corrected chi connectivity index (χ2v) is 8.84. The van der Waals surface area contributed by atoms with Gasteiger partial charge in [0.05, 0.1) is 20.8 Å². The first-order valence-electron chi connectivity index (χ1n) is 9.63. The molecule has 4 aromatic rings. The molecule has 32 heavy (non-hydrogen) atoms. The molecule has 0 spiro atoms. The van der Waals surface area contributed by atoms with Gasteiger partial charge in [0.15, 0.2) is 11.6 Å². The van der Waals surface area contributed by atoms with E-state index in [-0.39, 0.29) is 22.2 Å². The molecule has 9 nitrogen and oxygen atoms in total. The van der Waals surface area contributed by atoms with Crippen LogP contribution in [0.4, 0.5) is 23.0 Å². The topological polar surface area (TPSA) is 124 Å². The van der Waals surface area contributed by atoms with Crippen LogP contribution in [-0.4, -0.2) is 28.5 Å². The van der Waals surface area contributed by atoms with Crippen molar-refractivity contribution in [2.75, 3.05) is 10.0 Å². The number of fused-ring (bicyclic) bond motifs is 1. The molecule has 0 radical (unpaired) electrons. The van der Waals surface area contributed by atoms with Gasteiger partial charge >= 0.3 is 5.69 Å². The normalized spacial score (nSPS) is 11.3. The van der Waals surface area contributed by atoms with Crippen molar-refractivity contribution >= 4 is 44.1 Å². The first-order chi connectivity index (χ1) is 15.2. The van der Waals surface area contributed by atoms with Crippen LogP contribution >= 0.6 is 0 Å². The minimum atomic E-state index is -4.14. The van der Waals surface area contributed by atoms with E-state index in [1.54, 1.807) is 18.2 Å². The van der Waals surface area contributed by atoms with Crippen LogP contribution < -0.4 is 10.0 Å². The number of hydrogen-bond acceptors (Lipinski definition) is 6. The molecule has 0 amide bonds. The van der Waals surface area contributed by atoms with Crippen LogP contribution in [0.15, 0.2) is 71.6 Å². The summed E-state index contributed by atoms with van der Waals surface area (Å²) in [6.07, 6.45) is 0. The number of nitrogens with zero attached hydrogens (tertiary/aromatic N) is 3. The first-order valence-corrected chi connectivity index (χ1v) is 11.1. The summed E-state index contributed by atoms with van der Waals surface area (Å²) >= 11 is 0. The Bertz CT molecular complexity index is 1450. The van der Waals surface area contributed by atoms with Gasteiger partial charge in [0.1, 0.15) is 0 Å². The van der Waals surface area contributed by atoms with Gasteiger partial charge in [-0.2, -0.15) is 0 Å². The number of sulfonamides is 1. The molecule has 3 N–H and O–H groups in total. The van der Waals surface area contributed by atoms with Gasteiger partial charge < -0.3 is 5.32 Å². The molecule has 0 aliphatic rings. The van der Waals surface area contributed by atoms with Crippen molar-refractivity contribution in [3.63, 3.8) is 0 Å². The molecular formula is C22H20N5O4S+. The molecular weight excluding hydrogens is 430 g/mol. The van der Waals surface area contributed by atoms with E-state index in [1.165, 1.54) is 18.2 Å². The molecule has 0 aliphatic carbocycles. The van der Waals surface area contributed by atoms with Crippen LogP contribution in [0, 0.1) is 18.8 Å². The monoisotopic (exact) mass is 450 g/mol. The molecule has 0 fully saturated rings. The molecule has 1 heterocycles. The van der Waals surface area contributed by atoms with Gasteiger partial charge in [-0.15, -0.1) is 0 Å². The van der Waals surface area contributed by atoms with E-state index in [9.17, 15) is 13.3 Å². The van der Waals surface area contributed by atoms with Crippen LogP contribution in [0.5, 0.6) is 0 Å². The van der Waals surface area contributed by atoms with Crippen molar-refractivity contribution in [3.8, 4) is 0 Å². The molecule has 162 valence electrons. The highest BCUT2D eigenvalue weighted by molar-refractivity contribution is 7.92. The Morgan fingerprint density at radius 3 is 2.22 bits per heavy atom. The van der Waals surface area contributed by atoms with E-state index >= 15 is 0 Å². The summed E-state index contributed by atoms with van der Waals surface area (Å²) in [4.78, 5) is 19.6. The summed E-state index contributed by atoms with van der Waals surface area (Å²) < 4.78 is 28.5. The molecule has 0 unspecified atom stereocenters. The summed E-state index contributed by atoms with van der Waals surface area (Å²) in [6.45, 7) is 3.93. The minimum Gasteiger partial charge on any atom is -0.337 e. The van der Waals surface area contributed by atoms with Crippen LogP contribution in [0.2, 0.25) is 0 Å². The summed E-state index contributed by atoms with van der Waals surface area (Å²) in [5, 5.41) is 12.3. The largest absolute Gasteiger partial charge is 0.337 e. The SMILES string of the molecule is Cc1cccc(Nc2nc3ccccc3nc2NS(=O)(=O)c2cccc([N+](=O)O)c2)c1C. The summed E-state index contributed by atoms with van der Waals surface area (Å²) in [6, 6.07) is 17.8. The van der Waals surface area contributed by atoms with Crippen molar-refractivity contribution < 1.29 is 18.5 Å². The molecule has 10 heteroatoms. The standard InChI is InChI=1S/C22H20N5O4S/c1-14-7-5-12-18(15(14)2)23-21-22(25-20-11-4-3-10-19(20)24-21)26-32(30,31)17-9-6-8-16(13-17)27(28)29/h3-13H,1-2H3,(H,23,24)(H,25,26)(H,28,29)/q+1. The predicted octanol–water partition coefficient (Wildman–Crippen LogP) is 4.59. The molecule has 4 rings (SSSR count). The number of anilines is 3. The molecule has 0 saturated carbocycles. The van der Waals surface area contributed by atoms with Gasteiger partial charge in [-0.25, -0.2) is 23.6 Å². The lowest BCUT2D eigenvalue weighted by Gasteiger charge is -2.15. The Labute approximate surface area is 184 Å². The molecule has 1 aromatic heterocycles. The van der Waals surface area contributed by atoms with E-state index in [1.807, 2.05) is 38.1 Å². The summed E-state index contributed by atoms with van der Waals surface area (Å²) in [5.41, 5.74) is 3.70. The Morgan fingerprint density at radius 2 is 1.53 bits per heavy atom. The minimum absolute atomic E-state index is 0.00186. The average molecular weight is 451 g/mol. The van der Waals surface area contributed by atoms with Gasteiger partial charge in [0.25, 0.3) is 14.9 Å². The number of hydrogen-bond donors (Lipinski definition) is 3. The quantitative estimate of drug-likeness (QED) is 0.367. The van der Waals surface area contributed by atoms with Crippen molar-refractivity contribution in [1.82, 2.24) is 9.97 Å². The highest BCUT2D eigenvalue weighted by Gasteiger charge is 2.22. The zero-order valence-corrected chi connectivity index (χ0v) is 18.1. The number of aryl methyl sites for hydroxylation is 1. The third-order valence-electron chi connectivity index (χ3n) is 5.01. The third-order valence-corrected chi connectivity index (χ3v) is 6.34. The number of nitrogens with one attached hydrogen (secondary N) is 2. The van der Waals surface area contributed by atoms with E-state index in [0.29, 0.717) is 11.0 Å². The number of para-hydroxylation sites is 2. The van der Waals surface area contributed by atoms with Crippen molar-refractivity contribution in [2.24, 2.45) is 0 Å². The number of rotatable bonds is 6. The molecule has 0 saturated heterocycles. The number of aromatic nitrogens is 2. The van der Waals surface area contributed by atoms with Gasteiger partial charge in [-0.3, -0.25) is 4.72 Å². The van der Waals surface area contributed by atoms with Gasteiger partial charge in [-0.1, -0.05) is 30.3 Å². The lowest BCUT2D eigenvalue weighted by atomic mass is 10.1. The molecule has 0 aliphatic heterocycles. The average Bonchev–Trinajstić information content (AvgIpc) is 2.77. The van der Waals surface area contributed by atoms with Crippen molar-refractivity contribution in [2.45, 2.75) is 18.7 Å². The second-order valence-electron chi connectivity index (χ2n) is 7.16. The third kappa shape index (κ3) is 4.21. The van der Waals surface area contributed by atoms with Gasteiger partial charge in [-0.05, 0) is 49.2 Å². The number of benzene rings is 3. The Hall–Kier alpha value is -4.05. The Kier molecular flexibility index (Phi) is 5.45. The maximum absolute atomic E-state index is 13.0. The van der Waals surface area contributed by atoms with Crippen LogP contribution in [0.25, 0.3) is 11.0 Å². The van der Waals surface area contributed by atoms with Crippen LogP contribution in [0.3, 0.4) is 0 Å². The summed E-state index contributed by atoms with van der Waals surface area (Å²) in [7, 11) is -4.14. The van der Waals surface area contributed by atoms with E-state index < -0.39 is 14.9 Å². The fourth-order valence-corrected chi connectivity index (χ4v) is 4.18. The summed E-state index contributed by atoms with van der Waals surface area (Å²) in [5.74, 6) is 0.225. The fraction of sp³-hybridized carbons (Fsp3) is 0.0909. The fourth-order valence-electron chi connectivity index (χ4n) is 3.13. The van der Waals surface area contributed by atoms with Gasteiger partial charge in [0.2, 0.25) is 0 Å². The molecule has 3 aromatic carbocycles. The van der Waals surface area contributed by atoms with E-state index in [2.05, 4.69) is 20.0 Å². The predicted molar refractivity (Wildman–Crippen MR) is 121 cm³/mol. The molecule has 0 bridgehead atoms. The maximum atomic E-state index is 13.0. The van der Waals surface area contributed by atoms with Crippen LogP contribution in [0.1, 0.15) is 11.1 Å². The zero-order valence-electron chi connectivity index (χ0n) is 17.3. The zero-order chi connectivity index (χ0) is 22.9. The van der Waals surface area contributed by atoms with E-state index in [4.69, 9.17) is 5.21 Å². The Morgan fingerprint density at radius 1 is 0.875 bits per heavy atom. The smallest absolute Gasteiger partial charge is 0.317 e. The van der Waals surface area contributed by atoms with E-state index in [0.717, 1.165) is 22.9 Å². The molecule has 0 atom stereocenters. The Balaban J connectivity index is 1.80.